The van der Waals surface area contributed by atoms with Crippen molar-refractivity contribution in [2.75, 3.05) is 30.3 Å². The number of hydrogen-bond donors (Lipinski definition) is 1. The van der Waals surface area contributed by atoms with Gasteiger partial charge in [-0.25, -0.2) is 0 Å². The molecule has 1 amide bonds. The van der Waals surface area contributed by atoms with E-state index < -0.39 is 10.8 Å². The molecule has 1 aliphatic rings. The largest absolute Gasteiger partial charge is 0.396 e. The van der Waals surface area contributed by atoms with E-state index in [2.05, 4.69) is 5.10 Å². The minimum atomic E-state index is -0.786. The first-order chi connectivity index (χ1) is 8.11. The molecule has 2 rings (SSSR count). The first-order valence-corrected chi connectivity index (χ1v) is 7.07. The predicted molar refractivity (Wildman–Crippen MR) is 66.1 cm³/mol. The van der Waals surface area contributed by atoms with Gasteiger partial charge in [0.05, 0.1) is 5.69 Å². The highest BCUT2D eigenvalue weighted by atomic mass is 32.2. The minimum absolute atomic E-state index is 0.161. The lowest BCUT2D eigenvalue weighted by Crippen LogP contribution is -2.42. The number of carbonyl (C=O) groups excluding carboxylic acids is 1. The van der Waals surface area contributed by atoms with Crippen LogP contribution in [0.1, 0.15) is 17.4 Å². The molecule has 6 nitrogen and oxygen atoms in total. The van der Waals surface area contributed by atoms with E-state index in [1.165, 1.54) is 0 Å². The molecule has 0 radical (unpaired) electrons. The summed E-state index contributed by atoms with van der Waals surface area (Å²) in [6, 6.07) is 0. The molecule has 94 valence electrons. The van der Waals surface area contributed by atoms with Gasteiger partial charge in [0, 0.05) is 48.1 Å². The van der Waals surface area contributed by atoms with Gasteiger partial charge in [0.2, 0.25) is 0 Å². The van der Waals surface area contributed by atoms with E-state index in [-0.39, 0.29) is 5.91 Å². The number of nitrogens with zero attached hydrogens (tertiary/aromatic N) is 3. The topological polar surface area (TPSA) is 81.2 Å². The average Bonchev–Trinajstić information content (AvgIpc) is 2.71. The zero-order valence-corrected chi connectivity index (χ0v) is 10.6. The van der Waals surface area contributed by atoms with E-state index in [1.54, 1.807) is 15.8 Å². The van der Waals surface area contributed by atoms with Crippen LogP contribution < -0.4 is 5.73 Å². The van der Waals surface area contributed by atoms with Gasteiger partial charge in [0.15, 0.2) is 5.69 Å². The fourth-order valence-corrected chi connectivity index (χ4v) is 2.81. The van der Waals surface area contributed by atoms with Gasteiger partial charge in [-0.1, -0.05) is 0 Å². The van der Waals surface area contributed by atoms with E-state index in [0.29, 0.717) is 42.5 Å². The van der Waals surface area contributed by atoms with Crippen LogP contribution in [0.5, 0.6) is 0 Å². The normalized spacial score (nSPS) is 17.4. The summed E-state index contributed by atoms with van der Waals surface area (Å²) in [4.78, 5) is 13.8. The van der Waals surface area contributed by atoms with Crippen molar-refractivity contribution < 1.29 is 9.00 Å². The second kappa shape index (κ2) is 4.87. The van der Waals surface area contributed by atoms with Crippen molar-refractivity contribution in [3.8, 4) is 0 Å². The Bertz CT molecular complexity index is 447. The zero-order valence-electron chi connectivity index (χ0n) is 9.76. The molecule has 1 aromatic rings. The quantitative estimate of drug-likeness (QED) is 0.787. The highest BCUT2D eigenvalue weighted by molar-refractivity contribution is 7.85. The lowest BCUT2D eigenvalue weighted by Gasteiger charge is -2.25. The number of aryl methyl sites for hydroxylation is 1. The maximum Gasteiger partial charge on any atom is 0.276 e. The molecular weight excluding hydrogens is 240 g/mol. The molecule has 0 unspecified atom stereocenters. The Morgan fingerprint density at radius 2 is 2.18 bits per heavy atom. The Hall–Kier alpha value is -1.37. The Kier molecular flexibility index (Phi) is 3.46. The van der Waals surface area contributed by atoms with Crippen LogP contribution in [0.25, 0.3) is 0 Å². The molecular formula is C10H16N4O2S. The van der Waals surface area contributed by atoms with Gasteiger partial charge in [-0.2, -0.15) is 5.10 Å². The van der Waals surface area contributed by atoms with Crippen LogP contribution in [0.4, 0.5) is 5.69 Å². The van der Waals surface area contributed by atoms with Crippen molar-refractivity contribution in [1.82, 2.24) is 14.7 Å². The van der Waals surface area contributed by atoms with Gasteiger partial charge in [0.25, 0.3) is 5.91 Å². The molecule has 0 spiro atoms. The molecule has 0 bridgehead atoms. The van der Waals surface area contributed by atoms with Crippen molar-refractivity contribution in [3.63, 3.8) is 0 Å². The van der Waals surface area contributed by atoms with E-state index in [4.69, 9.17) is 5.73 Å². The third-order valence-corrected chi connectivity index (χ3v) is 4.06. The average molecular weight is 256 g/mol. The van der Waals surface area contributed by atoms with Gasteiger partial charge in [-0.15, -0.1) is 0 Å². The first kappa shape index (κ1) is 12.1. The van der Waals surface area contributed by atoms with E-state index in [1.807, 2.05) is 6.92 Å². The van der Waals surface area contributed by atoms with Crippen molar-refractivity contribution >= 4 is 22.4 Å². The van der Waals surface area contributed by atoms with Gasteiger partial charge < -0.3 is 10.6 Å². The number of carbonyl (C=O) groups is 1. The Balaban J connectivity index is 2.13. The van der Waals surface area contributed by atoms with Crippen LogP contribution in [-0.4, -0.2) is 49.4 Å². The highest BCUT2D eigenvalue weighted by Gasteiger charge is 2.24. The summed E-state index contributed by atoms with van der Waals surface area (Å²) in [6.45, 7) is 3.65. The Morgan fingerprint density at radius 1 is 1.53 bits per heavy atom. The SMILES string of the molecule is CCn1cc(N)c(C(=O)N2CCS(=O)CC2)n1. The molecule has 0 atom stereocenters. The lowest BCUT2D eigenvalue weighted by atomic mass is 10.3. The van der Waals surface area contributed by atoms with Crippen LogP contribution in [0.15, 0.2) is 6.20 Å². The van der Waals surface area contributed by atoms with Crippen molar-refractivity contribution in [2.45, 2.75) is 13.5 Å². The third kappa shape index (κ3) is 2.49. The molecule has 1 saturated heterocycles. The molecule has 2 N–H and O–H groups in total. The Morgan fingerprint density at radius 3 is 2.71 bits per heavy atom. The summed E-state index contributed by atoms with van der Waals surface area (Å²) in [5.74, 6) is 0.923. The zero-order chi connectivity index (χ0) is 12.4. The monoisotopic (exact) mass is 256 g/mol. The standard InChI is InChI=1S/C10H16N4O2S/c1-2-14-7-8(11)9(12-14)10(15)13-3-5-17(16)6-4-13/h7H,2-6,11H2,1H3. The van der Waals surface area contributed by atoms with Crippen LogP contribution >= 0.6 is 0 Å². The number of aromatic nitrogens is 2. The maximum absolute atomic E-state index is 12.1. The van der Waals surface area contributed by atoms with Gasteiger partial charge in [-0.3, -0.25) is 13.7 Å². The van der Waals surface area contributed by atoms with Gasteiger partial charge >= 0.3 is 0 Å². The molecule has 0 aromatic carbocycles. The number of hydrogen-bond acceptors (Lipinski definition) is 4. The summed E-state index contributed by atoms with van der Waals surface area (Å²) < 4.78 is 12.9. The molecule has 0 saturated carbocycles. The van der Waals surface area contributed by atoms with Crippen molar-refractivity contribution in [2.24, 2.45) is 0 Å². The number of nitrogen functional groups attached to an aromatic ring is 1. The highest BCUT2D eigenvalue weighted by Crippen LogP contribution is 2.13. The summed E-state index contributed by atoms with van der Waals surface area (Å²) in [7, 11) is -0.786. The van der Waals surface area contributed by atoms with E-state index in [0.717, 1.165) is 0 Å². The van der Waals surface area contributed by atoms with E-state index >= 15 is 0 Å². The molecule has 1 fully saturated rings. The molecule has 7 heteroatoms. The van der Waals surface area contributed by atoms with Crippen molar-refractivity contribution in [3.05, 3.63) is 11.9 Å². The summed E-state index contributed by atoms with van der Waals surface area (Å²) >= 11 is 0. The van der Waals surface area contributed by atoms with Gasteiger partial charge in [-0.05, 0) is 6.92 Å². The molecule has 17 heavy (non-hydrogen) atoms. The fourth-order valence-electron chi connectivity index (χ4n) is 1.76. The maximum atomic E-state index is 12.1. The number of nitrogens with two attached hydrogens (primary N) is 1. The van der Waals surface area contributed by atoms with Crippen LogP contribution in [0.3, 0.4) is 0 Å². The second-order valence-electron chi connectivity index (χ2n) is 3.93. The van der Waals surface area contributed by atoms with Crippen LogP contribution in [0, 0.1) is 0 Å². The Labute approximate surface area is 102 Å². The molecule has 2 heterocycles. The smallest absolute Gasteiger partial charge is 0.276 e. The first-order valence-electron chi connectivity index (χ1n) is 5.59. The lowest BCUT2D eigenvalue weighted by molar-refractivity contribution is 0.0765. The van der Waals surface area contributed by atoms with E-state index in [9.17, 15) is 9.00 Å². The molecule has 1 aromatic heterocycles. The summed E-state index contributed by atoms with van der Waals surface area (Å²) in [6.07, 6.45) is 1.66. The van der Waals surface area contributed by atoms with Crippen molar-refractivity contribution in [1.29, 1.82) is 0 Å². The molecule has 0 aliphatic carbocycles. The minimum Gasteiger partial charge on any atom is -0.396 e. The summed E-state index contributed by atoms with van der Waals surface area (Å²) in [5, 5.41) is 4.15. The predicted octanol–water partition coefficient (Wildman–Crippen LogP) is -0.310. The van der Waals surface area contributed by atoms with Crippen LogP contribution in [0.2, 0.25) is 0 Å². The molecule has 1 aliphatic heterocycles. The number of rotatable bonds is 2. The fraction of sp³-hybridized carbons (Fsp3) is 0.600. The number of anilines is 1. The van der Waals surface area contributed by atoms with Crippen LogP contribution in [-0.2, 0) is 17.3 Å². The summed E-state index contributed by atoms with van der Waals surface area (Å²) in [5.41, 5.74) is 6.47. The second-order valence-corrected chi connectivity index (χ2v) is 5.63. The number of amides is 1. The van der Waals surface area contributed by atoms with Gasteiger partial charge in [0.1, 0.15) is 0 Å². The third-order valence-electron chi connectivity index (χ3n) is 2.78.